The molecule has 7 heteroatoms. The minimum Gasteiger partial charge on any atom is -0.465 e. The van der Waals surface area contributed by atoms with Crippen molar-refractivity contribution in [3.8, 4) is 0 Å². The van der Waals surface area contributed by atoms with Crippen molar-refractivity contribution in [3.05, 3.63) is 34.9 Å². The third kappa shape index (κ3) is 2.66. The number of nitrogen functional groups attached to an aromatic ring is 1. The smallest absolute Gasteiger partial charge is 0.404 e. The molecule has 0 aliphatic carbocycles. The Bertz CT molecular complexity index is 425. The Hall–Kier alpha value is -2.18. The van der Waals surface area contributed by atoms with Gasteiger partial charge in [-0.05, 0) is 12.1 Å². The number of hydrogen-bond donors (Lipinski definition) is 4. The molecule has 1 aromatic carbocycles. The van der Waals surface area contributed by atoms with Crippen LogP contribution in [0.5, 0.6) is 0 Å². The summed E-state index contributed by atoms with van der Waals surface area (Å²) in [6, 6.07) is 1.76. The fourth-order valence-electron chi connectivity index (χ4n) is 1.09. The van der Waals surface area contributed by atoms with Crippen molar-refractivity contribution in [2.45, 2.75) is 6.54 Å². The van der Waals surface area contributed by atoms with Gasteiger partial charge in [-0.15, -0.1) is 0 Å². The van der Waals surface area contributed by atoms with E-state index in [1.54, 1.807) is 0 Å². The van der Waals surface area contributed by atoms with Gasteiger partial charge in [0.1, 0.15) is 17.5 Å². The number of carbonyl (C=O) groups is 1. The summed E-state index contributed by atoms with van der Waals surface area (Å²) in [6.45, 7) is -0.481. The predicted octanol–water partition coefficient (Wildman–Crippen LogP) is 1.02. The number of carboxylic acid groups (broad SMARTS) is 1. The Morgan fingerprint density at radius 1 is 1.44 bits per heavy atom. The summed E-state index contributed by atoms with van der Waals surface area (Å²) in [5, 5.41) is 17.1. The lowest BCUT2D eigenvalue weighted by atomic mass is 10.1. The number of hydrogen-bond acceptors (Lipinski definition) is 2. The van der Waals surface area contributed by atoms with E-state index in [-0.39, 0.29) is 5.56 Å². The molecular formula is C9H9F2N3O2. The molecule has 0 radical (unpaired) electrons. The van der Waals surface area contributed by atoms with Crippen molar-refractivity contribution in [2.24, 2.45) is 5.73 Å². The van der Waals surface area contributed by atoms with Gasteiger partial charge >= 0.3 is 6.09 Å². The molecule has 1 rings (SSSR count). The van der Waals surface area contributed by atoms with Crippen molar-refractivity contribution in [1.29, 1.82) is 5.41 Å². The summed E-state index contributed by atoms with van der Waals surface area (Å²) in [4.78, 5) is 10.2. The highest BCUT2D eigenvalue weighted by Gasteiger charge is 2.12. The molecule has 1 aromatic rings. The van der Waals surface area contributed by atoms with Crippen molar-refractivity contribution in [1.82, 2.24) is 5.32 Å². The van der Waals surface area contributed by atoms with Crippen LogP contribution in [0.1, 0.15) is 11.1 Å². The van der Waals surface area contributed by atoms with E-state index in [4.69, 9.17) is 16.2 Å². The molecule has 0 atom stereocenters. The maximum absolute atomic E-state index is 13.3. The Morgan fingerprint density at radius 3 is 2.31 bits per heavy atom. The molecule has 0 aliphatic rings. The molecule has 0 aromatic heterocycles. The number of benzene rings is 1. The monoisotopic (exact) mass is 229 g/mol. The third-order valence-corrected chi connectivity index (χ3v) is 1.87. The van der Waals surface area contributed by atoms with Crippen LogP contribution in [0.15, 0.2) is 12.1 Å². The number of nitrogens with two attached hydrogens (primary N) is 1. The Labute approximate surface area is 89.4 Å². The lowest BCUT2D eigenvalue weighted by Gasteiger charge is -2.07. The average Bonchev–Trinajstić information content (AvgIpc) is 2.15. The number of nitrogens with one attached hydrogen (secondary N) is 2. The summed E-state index contributed by atoms with van der Waals surface area (Å²) in [5.41, 5.74) is 4.57. The maximum atomic E-state index is 13.3. The van der Waals surface area contributed by atoms with Crippen LogP contribution < -0.4 is 11.1 Å². The molecule has 16 heavy (non-hydrogen) atoms. The highest BCUT2D eigenvalue weighted by atomic mass is 19.1. The number of amidine groups is 1. The van der Waals surface area contributed by atoms with Gasteiger partial charge in [0.15, 0.2) is 0 Å². The molecular weight excluding hydrogens is 220 g/mol. The number of halogens is 2. The summed E-state index contributed by atoms with van der Waals surface area (Å²) in [5.74, 6) is -2.35. The van der Waals surface area contributed by atoms with Crippen molar-refractivity contribution in [3.63, 3.8) is 0 Å². The van der Waals surface area contributed by atoms with Crippen molar-refractivity contribution in [2.75, 3.05) is 0 Å². The highest BCUT2D eigenvalue weighted by Crippen LogP contribution is 2.15. The second-order valence-electron chi connectivity index (χ2n) is 2.99. The summed E-state index contributed by atoms with van der Waals surface area (Å²) < 4.78 is 26.6. The summed E-state index contributed by atoms with van der Waals surface area (Å²) in [7, 11) is 0. The van der Waals surface area contributed by atoms with Crippen LogP contribution in [0.4, 0.5) is 13.6 Å². The Balaban J connectivity index is 3.03. The standard InChI is InChI=1S/C9H9F2N3O2/c10-6-1-4(8(12)13)2-7(11)5(6)3-14-9(15)16/h1-2,14H,3H2,(H3,12,13)(H,15,16). The van der Waals surface area contributed by atoms with Crippen LogP contribution in [-0.4, -0.2) is 17.0 Å². The van der Waals surface area contributed by atoms with Gasteiger partial charge in [-0.2, -0.15) is 0 Å². The minimum absolute atomic E-state index is 0.0888. The normalized spacial score (nSPS) is 9.88. The van der Waals surface area contributed by atoms with Crippen LogP contribution >= 0.6 is 0 Å². The molecule has 1 amide bonds. The Morgan fingerprint density at radius 2 is 1.94 bits per heavy atom. The zero-order valence-electron chi connectivity index (χ0n) is 8.05. The fraction of sp³-hybridized carbons (Fsp3) is 0.111. The first-order valence-electron chi connectivity index (χ1n) is 4.21. The highest BCUT2D eigenvalue weighted by molar-refractivity contribution is 5.95. The van der Waals surface area contributed by atoms with E-state index in [0.29, 0.717) is 0 Å². The first-order valence-corrected chi connectivity index (χ1v) is 4.21. The van der Waals surface area contributed by atoms with Gasteiger partial charge in [0, 0.05) is 11.1 Å². The molecule has 0 unspecified atom stereocenters. The van der Waals surface area contributed by atoms with Crippen molar-refractivity contribution < 1.29 is 18.7 Å². The van der Waals surface area contributed by atoms with Gasteiger partial charge in [0.2, 0.25) is 0 Å². The van der Waals surface area contributed by atoms with Gasteiger partial charge in [-0.25, -0.2) is 13.6 Å². The maximum Gasteiger partial charge on any atom is 0.404 e. The van der Waals surface area contributed by atoms with Crippen LogP contribution in [-0.2, 0) is 6.54 Å². The van der Waals surface area contributed by atoms with Gasteiger partial charge in [-0.1, -0.05) is 0 Å². The molecule has 0 saturated carbocycles. The van der Waals surface area contributed by atoms with E-state index in [1.165, 1.54) is 0 Å². The van der Waals surface area contributed by atoms with Crippen molar-refractivity contribution >= 4 is 11.9 Å². The van der Waals surface area contributed by atoms with Crippen LogP contribution in [0.2, 0.25) is 0 Å². The molecule has 0 fully saturated rings. The second kappa shape index (κ2) is 4.56. The first kappa shape index (κ1) is 11.9. The molecule has 0 heterocycles. The van der Waals surface area contributed by atoms with Crippen LogP contribution in [0, 0.1) is 17.0 Å². The topological polar surface area (TPSA) is 99.2 Å². The summed E-state index contributed by atoms with van der Waals surface area (Å²) >= 11 is 0. The molecule has 5 N–H and O–H groups in total. The van der Waals surface area contributed by atoms with Gasteiger partial charge in [0.25, 0.3) is 0 Å². The lowest BCUT2D eigenvalue weighted by Crippen LogP contribution is -2.22. The summed E-state index contributed by atoms with van der Waals surface area (Å²) in [6.07, 6.45) is -1.38. The van der Waals surface area contributed by atoms with Crippen LogP contribution in [0.25, 0.3) is 0 Å². The van der Waals surface area contributed by atoms with E-state index in [0.717, 1.165) is 12.1 Å². The van der Waals surface area contributed by atoms with Gasteiger partial charge < -0.3 is 16.2 Å². The Kier molecular flexibility index (Phi) is 3.39. The fourth-order valence-corrected chi connectivity index (χ4v) is 1.09. The largest absolute Gasteiger partial charge is 0.465 e. The van der Waals surface area contributed by atoms with E-state index < -0.39 is 35.7 Å². The molecule has 0 saturated heterocycles. The average molecular weight is 229 g/mol. The quantitative estimate of drug-likeness (QED) is 0.460. The zero-order chi connectivity index (χ0) is 12.3. The second-order valence-corrected chi connectivity index (χ2v) is 2.99. The van der Waals surface area contributed by atoms with E-state index in [9.17, 15) is 13.6 Å². The van der Waals surface area contributed by atoms with E-state index in [2.05, 4.69) is 0 Å². The van der Waals surface area contributed by atoms with Crippen LogP contribution in [0.3, 0.4) is 0 Å². The SMILES string of the molecule is N=C(N)c1cc(F)c(CNC(=O)O)c(F)c1. The molecule has 0 bridgehead atoms. The first-order chi connectivity index (χ1) is 7.41. The minimum atomic E-state index is -1.38. The molecule has 0 aliphatic heterocycles. The number of amides is 1. The number of rotatable bonds is 3. The molecule has 86 valence electrons. The molecule has 0 spiro atoms. The predicted molar refractivity (Wildman–Crippen MR) is 52.2 cm³/mol. The molecule has 5 nitrogen and oxygen atoms in total. The zero-order valence-corrected chi connectivity index (χ0v) is 8.05. The van der Waals surface area contributed by atoms with Gasteiger partial charge in [-0.3, -0.25) is 5.41 Å². The third-order valence-electron chi connectivity index (χ3n) is 1.87. The van der Waals surface area contributed by atoms with Gasteiger partial charge in [0.05, 0.1) is 6.54 Å². The van der Waals surface area contributed by atoms with E-state index >= 15 is 0 Å². The lowest BCUT2D eigenvalue weighted by molar-refractivity contribution is 0.193. The van der Waals surface area contributed by atoms with E-state index in [1.807, 2.05) is 5.32 Å².